The van der Waals surface area contributed by atoms with Crippen LogP contribution in [0.1, 0.15) is 31.4 Å². The van der Waals surface area contributed by atoms with Gasteiger partial charge in [-0.3, -0.25) is 0 Å². The molecule has 1 aromatic rings. The van der Waals surface area contributed by atoms with Gasteiger partial charge in [-0.05, 0) is 18.2 Å². The first-order valence-corrected chi connectivity index (χ1v) is 6.83. The van der Waals surface area contributed by atoms with E-state index in [2.05, 4.69) is 19.2 Å². The molecule has 1 rings (SSSR count). The Morgan fingerprint density at radius 3 is 2.30 bits per heavy atom. The second-order valence-electron chi connectivity index (χ2n) is 5.41. The predicted molar refractivity (Wildman–Crippen MR) is 75.4 cm³/mol. The molecule has 0 fully saturated rings. The maximum Gasteiger partial charge on any atom is 0.390 e. The van der Waals surface area contributed by atoms with E-state index in [1.807, 2.05) is 24.3 Å². The van der Waals surface area contributed by atoms with Crippen LogP contribution in [0, 0.1) is 0 Å². The molecule has 0 spiro atoms. The molecule has 0 bridgehead atoms. The monoisotopic (exact) mass is 288 g/mol. The van der Waals surface area contributed by atoms with Crippen LogP contribution in [0.5, 0.6) is 0 Å². The number of hydrogen-bond donors (Lipinski definition) is 1. The Bertz CT molecular complexity index is 402. The molecule has 1 aromatic carbocycles. The first kappa shape index (κ1) is 17.0. The lowest BCUT2D eigenvalue weighted by Crippen LogP contribution is -2.26. The molecule has 20 heavy (non-hydrogen) atoms. The van der Waals surface area contributed by atoms with Crippen LogP contribution >= 0.6 is 0 Å². The Morgan fingerprint density at radius 1 is 1.15 bits per heavy atom. The van der Waals surface area contributed by atoms with Crippen LogP contribution in [0.2, 0.25) is 0 Å². The molecule has 0 aliphatic carbocycles. The summed E-state index contributed by atoms with van der Waals surface area (Å²) in [5, 5.41) is 3.33. The van der Waals surface area contributed by atoms with Crippen molar-refractivity contribution in [2.75, 3.05) is 13.6 Å². The first-order valence-electron chi connectivity index (χ1n) is 6.83. The van der Waals surface area contributed by atoms with Crippen LogP contribution in [-0.2, 0) is 13.1 Å². The molecule has 0 amide bonds. The van der Waals surface area contributed by atoms with Gasteiger partial charge in [-0.15, -0.1) is 0 Å². The summed E-state index contributed by atoms with van der Waals surface area (Å²) >= 11 is 0. The minimum atomic E-state index is -4.09. The number of benzene rings is 1. The molecule has 0 radical (unpaired) electrons. The van der Waals surface area contributed by atoms with Crippen LogP contribution in [0.15, 0.2) is 24.3 Å². The molecule has 114 valence electrons. The fourth-order valence-corrected chi connectivity index (χ4v) is 1.89. The minimum absolute atomic E-state index is 0.0233. The van der Waals surface area contributed by atoms with Gasteiger partial charge >= 0.3 is 6.18 Å². The number of halogens is 3. The van der Waals surface area contributed by atoms with Gasteiger partial charge in [-0.1, -0.05) is 38.1 Å². The second-order valence-corrected chi connectivity index (χ2v) is 5.41. The highest BCUT2D eigenvalue weighted by Crippen LogP contribution is 2.20. The maximum absolute atomic E-state index is 12.2. The van der Waals surface area contributed by atoms with Gasteiger partial charge in [0.25, 0.3) is 0 Å². The molecule has 2 nitrogen and oxygen atoms in total. The maximum atomic E-state index is 12.2. The normalized spacial score (nSPS) is 12.4. The van der Waals surface area contributed by atoms with E-state index in [0.29, 0.717) is 12.6 Å². The average Bonchev–Trinajstić information content (AvgIpc) is 2.34. The molecular formula is C15H23F3N2. The van der Waals surface area contributed by atoms with Gasteiger partial charge in [0.2, 0.25) is 0 Å². The van der Waals surface area contributed by atoms with Gasteiger partial charge in [-0.2, -0.15) is 13.2 Å². The van der Waals surface area contributed by atoms with Crippen molar-refractivity contribution >= 4 is 0 Å². The number of alkyl halides is 3. The third kappa shape index (κ3) is 6.91. The minimum Gasteiger partial charge on any atom is -0.310 e. The lowest BCUT2D eigenvalue weighted by molar-refractivity contribution is -0.137. The lowest BCUT2D eigenvalue weighted by atomic mass is 10.1. The molecule has 0 aliphatic heterocycles. The summed E-state index contributed by atoms with van der Waals surface area (Å²) in [7, 11) is 1.72. The van der Waals surface area contributed by atoms with Crippen molar-refractivity contribution in [3.8, 4) is 0 Å². The highest BCUT2D eigenvalue weighted by Gasteiger charge is 2.27. The van der Waals surface area contributed by atoms with Gasteiger partial charge in [0.15, 0.2) is 0 Å². The Balaban J connectivity index is 2.57. The molecule has 0 atom stereocenters. The van der Waals surface area contributed by atoms with E-state index in [0.717, 1.165) is 17.7 Å². The second kappa shape index (κ2) is 7.64. The largest absolute Gasteiger partial charge is 0.390 e. The average molecular weight is 288 g/mol. The number of hydrogen-bond acceptors (Lipinski definition) is 2. The van der Waals surface area contributed by atoms with Crippen LogP contribution in [-0.4, -0.2) is 30.7 Å². The van der Waals surface area contributed by atoms with Crippen molar-refractivity contribution in [1.29, 1.82) is 0 Å². The zero-order valence-electron chi connectivity index (χ0n) is 12.3. The molecule has 0 aliphatic rings. The van der Waals surface area contributed by atoms with Crippen molar-refractivity contribution in [1.82, 2.24) is 10.2 Å². The third-order valence-corrected chi connectivity index (χ3v) is 3.04. The molecule has 0 heterocycles. The summed E-state index contributed by atoms with van der Waals surface area (Å²) < 4.78 is 36.6. The molecule has 0 saturated carbocycles. The zero-order valence-corrected chi connectivity index (χ0v) is 12.3. The summed E-state index contributed by atoms with van der Waals surface area (Å²) in [4.78, 5) is 1.71. The SMILES string of the molecule is CC(C)NCc1ccccc1CN(C)CCC(F)(F)F. The summed E-state index contributed by atoms with van der Waals surface area (Å²) in [5.41, 5.74) is 2.21. The highest BCUT2D eigenvalue weighted by atomic mass is 19.4. The van der Waals surface area contributed by atoms with Crippen molar-refractivity contribution in [2.45, 2.75) is 45.6 Å². The van der Waals surface area contributed by atoms with E-state index in [9.17, 15) is 13.2 Å². The lowest BCUT2D eigenvalue weighted by Gasteiger charge is -2.20. The van der Waals surface area contributed by atoms with Gasteiger partial charge < -0.3 is 10.2 Å². The van der Waals surface area contributed by atoms with Crippen LogP contribution < -0.4 is 5.32 Å². The van der Waals surface area contributed by atoms with Crippen LogP contribution in [0.3, 0.4) is 0 Å². The zero-order chi connectivity index (χ0) is 15.2. The molecule has 0 saturated heterocycles. The smallest absolute Gasteiger partial charge is 0.310 e. The molecular weight excluding hydrogens is 265 g/mol. The Kier molecular flexibility index (Phi) is 6.49. The number of nitrogens with zero attached hydrogens (tertiary/aromatic N) is 1. The fourth-order valence-electron chi connectivity index (χ4n) is 1.89. The number of rotatable bonds is 7. The van der Waals surface area contributed by atoms with Crippen molar-refractivity contribution in [3.05, 3.63) is 35.4 Å². The molecule has 1 N–H and O–H groups in total. The van der Waals surface area contributed by atoms with Crippen LogP contribution in [0.25, 0.3) is 0 Å². The molecule has 0 unspecified atom stereocenters. The quantitative estimate of drug-likeness (QED) is 0.825. The Labute approximate surface area is 119 Å². The van der Waals surface area contributed by atoms with E-state index < -0.39 is 12.6 Å². The van der Waals surface area contributed by atoms with Gasteiger partial charge in [-0.25, -0.2) is 0 Å². The highest BCUT2D eigenvalue weighted by molar-refractivity contribution is 5.27. The van der Waals surface area contributed by atoms with Crippen molar-refractivity contribution < 1.29 is 13.2 Å². The van der Waals surface area contributed by atoms with Crippen LogP contribution in [0.4, 0.5) is 13.2 Å². The van der Waals surface area contributed by atoms with Gasteiger partial charge in [0.05, 0.1) is 6.42 Å². The summed E-state index contributed by atoms with van der Waals surface area (Å²) in [6.07, 6.45) is -4.86. The molecule has 0 aromatic heterocycles. The first-order chi connectivity index (χ1) is 9.28. The van der Waals surface area contributed by atoms with E-state index in [-0.39, 0.29) is 6.54 Å². The topological polar surface area (TPSA) is 15.3 Å². The summed E-state index contributed by atoms with van der Waals surface area (Å²) in [6, 6.07) is 8.25. The summed E-state index contributed by atoms with van der Waals surface area (Å²) in [5.74, 6) is 0. The van der Waals surface area contributed by atoms with E-state index in [1.165, 1.54) is 0 Å². The third-order valence-electron chi connectivity index (χ3n) is 3.04. The van der Waals surface area contributed by atoms with E-state index in [4.69, 9.17) is 0 Å². The van der Waals surface area contributed by atoms with E-state index >= 15 is 0 Å². The fraction of sp³-hybridized carbons (Fsp3) is 0.600. The Hall–Kier alpha value is -1.07. The predicted octanol–water partition coefficient (Wildman–Crippen LogP) is 3.57. The van der Waals surface area contributed by atoms with Crippen molar-refractivity contribution in [2.24, 2.45) is 0 Å². The Morgan fingerprint density at radius 2 is 1.75 bits per heavy atom. The van der Waals surface area contributed by atoms with Crippen molar-refractivity contribution in [3.63, 3.8) is 0 Å². The standard InChI is InChI=1S/C15H23F3N2/c1-12(2)19-10-13-6-4-5-7-14(13)11-20(3)9-8-15(16,17)18/h4-7,12,19H,8-11H2,1-3H3. The van der Waals surface area contributed by atoms with Gasteiger partial charge in [0.1, 0.15) is 0 Å². The van der Waals surface area contributed by atoms with E-state index in [1.54, 1.807) is 11.9 Å². The number of nitrogens with one attached hydrogen (secondary N) is 1. The molecule has 5 heteroatoms. The summed E-state index contributed by atoms with van der Waals surface area (Å²) in [6.45, 7) is 5.43. The van der Waals surface area contributed by atoms with Gasteiger partial charge in [0, 0.05) is 25.7 Å².